The van der Waals surface area contributed by atoms with Gasteiger partial charge in [0.1, 0.15) is 0 Å². The molecule has 31 heavy (non-hydrogen) atoms. The quantitative estimate of drug-likeness (QED) is 0.450. The molecule has 2 atom stereocenters. The van der Waals surface area contributed by atoms with Gasteiger partial charge in [-0.05, 0) is 48.6 Å². The Morgan fingerprint density at radius 1 is 1.13 bits per heavy atom. The lowest BCUT2D eigenvalue weighted by molar-refractivity contribution is 0.0600. The minimum atomic E-state index is -0.382. The Labute approximate surface area is 186 Å². The fraction of sp³-hybridized carbons (Fsp3) is 0.261. The summed E-state index contributed by atoms with van der Waals surface area (Å²) in [6, 6.07) is 17.0. The van der Waals surface area contributed by atoms with Crippen LogP contribution in [0.5, 0.6) is 0 Å². The van der Waals surface area contributed by atoms with Crippen LogP contribution >= 0.6 is 12.2 Å². The maximum atomic E-state index is 12.4. The Morgan fingerprint density at radius 2 is 1.94 bits per heavy atom. The number of ether oxygens (including phenoxy) is 2. The van der Waals surface area contributed by atoms with Crippen molar-refractivity contribution in [1.82, 2.24) is 19.8 Å². The minimum Gasteiger partial charge on any atom is -0.465 e. The van der Waals surface area contributed by atoms with Gasteiger partial charge in [0.05, 0.1) is 42.7 Å². The summed E-state index contributed by atoms with van der Waals surface area (Å²) < 4.78 is 12.3. The van der Waals surface area contributed by atoms with Crippen LogP contribution in [-0.4, -0.2) is 52.9 Å². The summed E-state index contributed by atoms with van der Waals surface area (Å²) in [6.45, 7) is 1.16. The van der Waals surface area contributed by atoms with Crippen molar-refractivity contribution in [3.05, 3.63) is 83.9 Å². The molecule has 0 spiro atoms. The second-order valence-corrected chi connectivity index (χ2v) is 7.51. The first kappa shape index (κ1) is 21.0. The van der Waals surface area contributed by atoms with Crippen LogP contribution in [0, 0.1) is 0 Å². The highest BCUT2D eigenvalue weighted by molar-refractivity contribution is 7.80. The number of thiocarbonyl (C=S) groups is 1. The van der Waals surface area contributed by atoms with E-state index in [9.17, 15) is 4.79 Å². The van der Waals surface area contributed by atoms with E-state index in [4.69, 9.17) is 21.7 Å². The van der Waals surface area contributed by atoms with Gasteiger partial charge in [0.2, 0.25) is 0 Å². The lowest BCUT2D eigenvalue weighted by Crippen LogP contribution is -2.33. The van der Waals surface area contributed by atoms with Gasteiger partial charge in [-0.15, -0.1) is 0 Å². The van der Waals surface area contributed by atoms with Crippen molar-refractivity contribution >= 4 is 23.3 Å². The summed E-state index contributed by atoms with van der Waals surface area (Å²) in [6.07, 6.45) is 3.73. The van der Waals surface area contributed by atoms with E-state index in [0.717, 1.165) is 17.1 Å². The van der Waals surface area contributed by atoms with Crippen LogP contribution in [0.25, 0.3) is 5.69 Å². The Kier molecular flexibility index (Phi) is 6.29. The summed E-state index contributed by atoms with van der Waals surface area (Å²) in [4.78, 5) is 19.1. The summed E-state index contributed by atoms with van der Waals surface area (Å²) in [7, 11) is 3.06. The fourth-order valence-electron chi connectivity index (χ4n) is 3.98. The van der Waals surface area contributed by atoms with Gasteiger partial charge in [-0.1, -0.05) is 18.2 Å². The summed E-state index contributed by atoms with van der Waals surface area (Å²) in [5, 5.41) is 4.07. The molecule has 8 heteroatoms. The van der Waals surface area contributed by atoms with Gasteiger partial charge < -0.3 is 24.3 Å². The standard InChI is InChI=1S/C23H24N4O3S/c1-29-15-14-27-21(20(25-23(27)31)17-9-5-6-12-24-17)19-11-7-13-26(19)18-10-4-3-8-16(18)22(28)30-2/h3-13,20-21H,14-15H2,1-2H3,(H,25,31)/t20-,21+/m1/s1. The van der Waals surface area contributed by atoms with Crippen molar-refractivity contribution in [2.75, 3.05) is 27.4 Å². The number of esters is 1. The largest absolute Gasteiger partial charge is 0.465 e. The molecule has 2 aromatic heterocycles. The molecule has 4 rings (SSSR count). The fourth-order valence-corrected chi connectivity index (χ4v) is 4.31. The molecule has 0 aliphatic carbocycles. The van der Waals surface area contributed by atoms with Gasteiger partial charge in [-0.3, -0.25) is 4.98 Å². The van der Waals surface area contributed by atoms with Crippen molar-refractivity contribution in [2.24, 2.45) is 0 Å². The SMILES string of the molecule is COCCN1C(=S)N[C@H](c2ccccn2)[C@@H]1c1cccn1-c1ccccc1C(=O)OC. The highest BCUT2D eigenvalue weighted by Crippen LogP contribution is 2.39. The van der Waals surface area contributed by atoms with Crippen molar-refractivity contribution in [1.29, 1.82) is 0 Å². The first-order chi connectivity index (χ1) is 15.2. The number of carbonyl (C=O) groups is 1. The molecular formula is C23H24N4O3S. The highest BCUT2D eigenvalue weighted by Gasteiger charge is 2.41. The number of aromatic nitrogens is 2. The van der Waals surface area contributed by atoms with Gasteiger partial charge >= 0.3 is 5.97 Å². The zero-order valence-electron chi connectivity index (χ0n) is 17.4. The number of carbonyl (C=O) groups excluding carboxylic acids is 1. The van der Waals surface area contributed by atoms with Crippen LogP contribution in [-0.2, 0) is 9.47 Å². The van der Waals surface area contributed by atoms with E-state index in [1.807, 2.05) is 59.3 Å². The zero-order valence-corrected chi connectivity index (χ0v) is 18.2. The van der Waals surface area contributed by atoms with Crippen LogP contribution < -0.4 is 5.32 Å². The van der Waals surface area contributed by atoms with Crippen LogP contribution in [0.2, 0.25) is 0 Å². The lowest BCUT2D eigenvalue weighted by Gasteiger charge is -2.29. The van der Waals surface area contributed by atoms with Gasteiger partial charge in [0, 0.05) is 31.7 Å². The van der Waals surface area contributed by atoms with E-state index in [1.54, 1.807) is 19.4 Å². The van der Waals surface area contributed by atoms with Crippen LogP contribution in [0.1, 0.15) is 33.8 Å². The van der Waals surface area contributed by atoms with Crippen molar-refractivity contribution < 1.29 is 14.3 Å². The van der Waals surface area contributed by atoms with Crippen LogP contribution in [0.4, 0.5) is 0 Å². The zero-order chi connectivity index (χ0) is 21.8. The summed E-state index contributed by atoms with van der Waals surface area (Å²) in [5.41, 5.74) is 3.12. The van der Waals surface area contributed by atoms with Gasteiger partial charge in [-0.25, -0.2) is 4.79 Å². The third-order valence-electron chi connectivity index (χ3n) is 5.39. The molecule has 1 N–H and O–H groups in total. The Bertz CT molecular complexity index is 1070. The molecule has 1 aliphatic rings. The Morgan fingerprint density at radius 3 is 2.68 bits per heavy atom. The van der Waals surface area contributed by atoms with Gasteiger partial charge in [-0.2, -0.15) is 0 Å². The topological polar surface area (TPSA) is 68.6 Å². The van der Waals surface area contributed by atoms with E-state index < -0.39 is 0 Å². The van der Waals surface area contributed by atoms with E-state index in [2.05, 4.69) is 15.2 Å². The number of nitrogens with zero attached hydrogens (tertiary/aromatic N) is 3. The normalized spacial score (nSPS) is 18.1. The molecule has 0 unspecified atom stereocenters. The average Bonchev–Trinajstić information content (AvgIpc) is 3.41. The number of hydrogen-bond acceptors (Lipinski definition) is 5. The third kappa shape index (κ3) is 4.04. The smallest absolute Gasteiger partial charge is 0.339 e. The molecule has 1 aromatic carbocycles. The Balaban J connectivity index is 1.83. The van der Waals surface area contributed by atoms with Gasteiger partial charge in [0.15, 0.2) is 5.11 Å². The first-order valence-corrected chi connectivity index (χ1v) is 10.4. The molecule has 0 saturated carbocycles. The molecular weight excluding hydrogens is 412 g/mol. The van der Waals surface area contributed by atoms with E-state index in [-0.39, 0.29) is 18.1 Å². The monoisotopic (exact) mass is 436 g/mol. The second kappa shape index (κ2) is 9.28. The predicted molar refractivity (Wildman–Crippen MR) is 121 cm³/mol. The maximum Gasteiger partial charge on any atom is 0.339 e. The molecule has 1 fully saturated rings. The van der Waals surface area contributed by atoms with E-state index in [1.165, 1.54) is 7.11 Å². The lowest BCUT2D eigenvalue weighted by atomic mass is 10.0. The minimum absolute atomic E-state index is 0.141. The number of hydrogen-bond donors (Lipinski definition) is 1. The average molecular weight is 437 g/mol. The van der Waals surface area contributed by atoms with E-state index in [0.29, 0.717) is 23.8 Å². The third-order valence-corrected chi connectivity index (χ3v) is 5.74. The summed E-state index contributed by atoms with van der Waals surface area (Å²) in [5.74, 6) is -0.382. The number of benzene rings is 1. The molecule has 0 radical (unpaired) electrons. The first-order valence-electron chi connectivity index (χ1n) is 9.97. The van der Waals surface area contributed by atoms with Crippen molar-refractivity contribution in [3.8, 4) is 5.69 Å². The molecule has 3 heterocycles. The van der Waals surface area contributed by atoms with Crippen molar-refractivity contribution in [3.63, 3.8) is 0 Å². The molecule has 1 aliphatic heterocycles. The van der Waals surface area contributed by atoms with Crippen molar-refractivity contribution in [2.45, 2.75) is 12.1 Å². The molecule has 0 bridgehead atoms. The molecule has 160 valence electrons. The van der Waals surface area contributed by atoms with Crippen LogP contribution in [0.3, 0.4) is 0 Å². The number of para-hydroxylation sites is 1. The number of rotatable bonds is 7. The molecule has 0 amide bonds. The molecule has 3 aromatic rings. The van der Waals surface area contributed by atoms with Crippen LogP contribution in [0.15, 0.2) is 67.0 Å². The number of nitrogens with one attached hydrogen (secondary N) is 1. The second-order valence-electron chi connectivity index (χ2n) is 7.12. The predicted octanol–water partition coefficient (Wildman–Crippen LogP) is 3.28. The summed E-state index contributed by atoms with van der Waals surface area (Å²) >= 11 is 5.68. The molecule has 7 nitrogen and oxygen atoms in total. The molecule has 1 saturated heterocycles. The maximum absolute atomic E-state index is 12.4. The number of pyridine rings is 1. The highest BCUT2D eigenvalue weighted by atomic mass is 32.1. The Hall–Kier alpha value is -3.23. The van der Waals surface area contributed by atoms with Gasteiger partial charge in [0.25, 0.3) is 0 Å². The van der Waals surface area contributed by atoms with E-state index >= 15 is 0 Å². The number of methoxy groups -OCH3 is 2.